The zero-order valence-electron chi connectivity index (χ0n) is 15.6. The number of primary amides is 1. The first-order valence-corrected chi connectivity index (χ1v) is 9.00. The summed E-state index contributed by atoms with van der Waals surface area (Å²) in [6.45, 7) is 2.81. The number of carbonyl (C=O) groups is 1. The predicted octanol–water partition coefficient (Wildman–Crippen LogP) is 0.945. The van der Waals surface area contributed by atoms with E-state index in [2.05, 4.69) is 30.7 Å². The van der Waals surface area contributed by atoms with E-state index in [-0.39, 0.29) is 11.6 Å². The number of hydrogen-bond donors (Lipinski definition) is 3. The Hall–Kier alpha value is -3.14. The van der Waals surface area contributed by atoms with Crippen LogP contribution in [0.2, 0.25) is 0 Å². The van der Waals surface area contributed by atoms with Crippen molar-refractivity contribution in [1.82, 2.24) is 30.0 Å². The van der Waals surface area contributed by atoms with Gasteiger partial charge in [-0.25, -0.2) is 19.3 Å². The fourth-order valence-corrected chi connectivity index (χ4v) is 3.51. The quantitative estimate of drug-likeness (QED) is 0.612. The van der Waals surface area contributed by atoms with E-state index in [0.717, 1.165) is 11.3 Å². The molecule has 0 bridgehead atoms. The Morgan fingerprint density at radius 3 is 2.86 bits per heavy atom. The van der Waals surface area contributed by atoms with Gasteiger partial charge in [-0.3, -0.25) is 9.48 Å². The van der Waals surface area contributed by atoms with Crippen LogP contribution in [0, 0.1) is 6.92 Å². The number of pyridine rings is 1. The Morgan fingerprint density at radius 2 is 2.18 bits per heavy atom. The Kier molecular flexibility index (Phi) is 4.63. The molecule has 28 heavy (non-hydrogen) atoms. The molecule has 1 saturated heterocycles. The Bertz CT molecular complexity index is 1050. The Labute approximate surface area is 160 Å². The third-order valence-corrected chi connectivity index (χ3v) is 4.78. The van der Waals surface area contributed by atoms with Crippen LogP contribution in [0.25, 0.3) is 22.3 Å². The molecule has 0 saturated carbocycles. The maximum absolute atomic E-state index is 13.7. The van der Waals surface area contributed by atoms with Gasteiger partial charge in [-0.05, 0) is 13.0 Å². The van der Waals surface area contributed by atoms with E-state index in [1.165, 1.54) is 6.33 Å². The number of hydrogen-bond acceptors (Lipinski definition) is 7. The minimum atomic E-state index is -0.929. The number of nitrogens with one attached hydrogen (secondary N) is 2. The third kappa shape index (κ3) is 3.38. The van der Waals surface area contributed by atoms with Crippen LogP contribution in [-0.4, -0.2) is 55.9 Å². The van der Waals surface area contributed by atoms with Gasteiger partial charge in [-0.1, -0.05) is 0 Å². The molecule has 0 aromatic carbocycles. The van der Waals surface area contributed by atoms with Gasteiger partial charge in [0, 0.05) is 44.4 Å². The highest BCUT2D eigenvalue weighted by molar-refractivity contribution is 6.06. The lowest BCUT2D eigenvalue weighted by Gasteiger charge is -2.27. The maximum Gasteiger partial charge on any atom is 0.251 e. The molecule has 10 heteroatoms. The van der Waals surface area contributed by atoms with Gasteiger partial charge in [0.25, 0.3) is 5.91 Å². The lowest BCUT2D eigenvalue weighted by Crippen LogP contribution is -2.44. The van der Waals surface area contributed by atoms with Gasteiger partial charge in [0.2, 0.25) is 0 Å². The van der Waals surface area contributed by atoms with Crippen molar-refractivity contribution >= 4 is 22.8 Å². The highest BCUT2D eigenvalue weighted by Gasteiger charge is 2.23. The number of halogens is 1. The Balaban J connectivity index is 1.84. The fourth-order valence-electron chi connectivity index (χ4n) is 3.51. The number of fused-ring (bicyclic) bond motifs is 1. The molecule has 1 aliphatic heterocycles. The number of aromatic nitrogens is 5. The summed E-state index contributed by atoms with van der Waals surface area (Å²) in [5.74, 6) is -0.167. The first-order chi connectivity index (χ1) is 13.4. The van der Waals surface area contributed by atoms with Gasteiger partial charge < -0.3 is 16.4 Å². The van der Waals surface area contributed by atoms with Gasteiger partial charge in [-0.2, -0.15) is 5.10 Å². The average molecular weight is 384 g/mol. The van der Waals surface area contributed by atoms with Crippen molar-refractivity contribution in [3.63, 3.8) is 0 Å². The first kappa shape index (κ1) is 18.2. The molecule has 1 fully saturated rings. The maximum atomic E-state index is 13.7. The van der Waals surface area contributed by atoms with Crippen molar-refractivity contribution in [1.29, 1.82) is 0 Å². The largest absolute Gasteiger partial charge is 0.366 e. The number of alkyl halides is 1. The molecule has 146 valence electrons. The van der Waals surface area contributed by atoms with Crippen molar-refractivity contribution in [2.45, 2.75) is 25.6 Å². The third-order valence-electron chi connectivity index (χ3n) is 4.78. The molecule has 0 aliphatic carbocycles. The second-order valence-electron chi connectivity index (χ2n) is 6.97. The average Bonchev–Trinajstić information content (AvgIpc) is 2.99. The van der Waals surface area contributed by atoms with E-state index in [1.807, 2.05) is 20.2 Å². The summed E-state index contributed by atoms with van der Waals surface area (Å²) < 4.78 is 15.4. The summed E-state index contributed by atoms with van der Waals surface area (Å²) in [4.78, 5) is 25.2. The van der Waals surface area contributed by atoms with Crippen molar-refractivity contribution < 1.29 is 9.18 Å². The summed E-state index contributed by atoms with van der Waals surface area (Å²) in [7, 11) is 1.81. The van der Waals surface area contributed by atoms with Crippen molar-refractivity contribution in [2.75, 3.05) is 18.4 Å². The van der Waals surface area contributed by atoms with Crippen LogP contribution in [0.15, 0.2) is 18.6 Å². The van der Waals surface area contributed by atoms with Crippen LogP contribution >= 0.6 is 0 Å². The molecule has 4 heterocycles. The molecule has 4 N–H and O–H groups in total. The SMILES string of the molecule is Cc1nn(C)cc1-c1cc(C(N)=O)c2ncnc(N[C@@H]3CNC[C@@H](F)C3)c2n1. The highest BCUT2D eigenvalue weighted by atomic mass is 19.1. The van der Waals surface area contributed by atoms with Gasteiger partial charge in [0.1, 0.15) is 23.5 Å². The summed E-state index contributed by atoms with van der Waals surface area (Å²) in [6, 6.07) is 1.47. The van der Waals surface area contributed by atoms with Crippen molar-refractivity contribution in [2.24, 2.45) is 12.8 Å². The Morgan fingerprint density at radius 1 is 1.36 bits per heavy atom. The van der Waals surface area contributed by atoms with Crippen molar-refractivity contribution in [3.05, 3.63) is 29.8 Å². The van der Waals surface area contributed by atoms with Crippen LogP contribution in [0.4, 0.5) is 10.2 Å². The van der Waals surface area contributed by atoms with Crippen LogP contribution in [-0.2, 0) is 7.05 Å². The topological polar surface area (TPSA) is 124 Å². The van der Waals surface area contributed by atoms with Crippen LogP contribution in [0.3, 0.4) is 0 Å². The summed E-state index contributed by atoms with van der Waals surface area (Å²) in [5, 5.41) is 10.6. The van der Waals surface area contributed by atoms with Crippen molar-refractivity contribution in [3.8, 4) is 11.3 Å². The van der Waals surface area contributed by atoms with Gasteiger partial charge in [0.15, 0.2) is 5.82 Å². The van der Waals surface area contributed by atoms with E-state index in [9.17, 15) is 9.18 Å². The van der Waals surface area contributed by atoms with E-state index < -0.39 is 12.1 Å². The van der Waals surface area contributed by atoms with E-state index in [4.69, 9.17) is 5.73 Å². The number of anilines is 1. The molecule has 3 aromatic heterocycles. The molecular formula is C18H21FN8O. The number of aryl methyl sites for hydroxylation is 2. The molecule has 4 rings (SSSR count). The molecule has 0 spiro atoms. The molecule has 2 atom stereocenters. The molecule has 9 nitrogen and oxygen atoms in total. The first-order valence-electron chi connectivity index (χ1n) is 9.00. The number of amides is 1. The van der Waals surface area contributed by atoms with Crippen LogP contribution in [0.5, 0.6) is 0 Å². The molecule has 1 aliphatic rings. The zero-order valence-corrected chi connectivity index (χ0v) is 15.6. The number of nitrogens with zero attached hydrogens (tertiary/aromatic N) is 5. The highest BCUT2D eigenvalue weighted by Crippen LogP contribution is 2.28. The minimum absolute atomic E-state index is 0.149. The molecule has 0 radical (unpaired) electrons. The van der Waals surface area contributed by atoms with E-state index >= 15 is 0 Å². The lowest BCUT2D eigenvalue weighted by atomic mass is 10.1. The number of carbonyl (C=O) groups excluding carboxylic acids is 1. The number of nitrogens with two attached hydrogens (primary N) is 1. The summed E-state index contributed by atoms with van der Waals surface area (Å²) in [5.41, 5.74) is 8.72. The minimum Gasteiger partial charge on any atom is -0.366 e. The van der Waals surface area contributed by atoms with Crippen LogP contribution < -0.4 is 16.4 Å². The zero-order chi connectivity index (χ0) is 19.8. The number of piperidine rings is 1. The van der Waals surface area contributed by atoms with Gasteiger partial charge >= 0.3 is 0 Å². The second kappa shape index (κ2) is 7.12. The predicted molar refractivity (Wildman–Crippen MR) is 103 cm³/mol. The molecular weight excluding hydrogens is 363 g/mol. The second-order valence-corrected chi connectivity index (χ2v) is 6.97. The van der Waals surface area contributed by atoms with Gasteiger partial charge in [-0.15, -0.1) is 0 Å². The fraction of sp³-hybridized carbons (Fsp3) is 0.389. The van der Waals surface area contributed by atoms with Gasteiger partial charge in [0.05, 0.1) is 17.0 Å². The summed E-state index contributed by atoms with van der Waals surface area (Å²) >= 11 is 0. The molecule has 0 unspecified atom stereocenters. The van der Waals surface area contributed by atoms with E-state index in [1.54, 1.807) is 10.7 Å². The number of rotatable bonds is 4. The lowest BCUT2D eigenvalue weighted by molar-refractivity contribution is 0.100. The normalized spacial score (nSPS) is 19.7. The molecule has 1 amide bonds. The van der Waals surface area contributed by atoms with E-state index in [0.29, 0.717) is 42.1 Å². The van der Waals surface area contributed by atoms with Crippen LogP contribution in [0.1, 0.15) is 22.5 Å². The summed E-state index contributed by atoms with van der Waals surface area (Å²) in [6.07, 6.45) is 2.60. The smallest absolute Gasteiger partial charge is 0.251 e. The monoisotopic (exact) mass is 384 g/mol. The standard InChI is InChI=1S/C18H21FN8O/c1-9-13(7-27(2)26-9)14-4-12(17(20)28)15-16(25-14)18(23-8-22-15)24-11-3-10(19)5-21-6-11/h4,7-8,10-11,21H,3,5-6H2,1-2H3,(H2,20,28)(H,22,23,24)/t10-,11-/m0/s1. The molecule has 3 aromatic rings.